The second-order valence-electron chi connectivity index (χ2n) is 2.98. The molecule has 2 nitrogen and oxygen atoms in total. The molecule has 1 N–H and O–H groups in total. The van der Waals surface area contributed by atoms with Crippen LogP contribution in [0.1, 0.15) is 16.5 Å². The van der Waals surface area contributed by atoms with E-state index >= 15 is 0 Å². The largest absolute Gasteiger partial charge is 0.371 e. The van der Waals surface area contributed by atoms with Crippen molar-refractivity contribution in [1.29, 1.82) is 0 Å². The second kappa shape index (κ2) is 4.96. The molecule has 0 amide bonds. The summed E-state index contributed by atoms with van der Waals surface area (Å²) < 4.78 is 5.65. The summed E-state index contributed by atoms with van der Waals surface area (Å²) in [7, 11) is 1.96. The number of ether oxygens (including phenoxy) is 1. The van der Waals surface area contributed by atoms with Gasteiger partial charge in [0.15, 0.2) is 0 Å². The van der Waals surface area contributed by atoms with E-state index < -0.39 is 0 Å². The van der Waals surface area contributed by atoms with E-state index in [1.165, 1.54) is 10.4 Å². The van der Waals surface area contributed by atoms with Gasteiger partial charge in [0.1, 0.15) is 6.10 Å². The average molecular weight is 220 g/mol. The maximum absolute atomic E-state index is 5.65. The fraction of sp³-hybridized carbons (Fsp3) is 0.556. The first-order valence-electron chi connectivity index (χ1n) is 4.24. The van der Waals surface area contributed by atoms with Crippen molar-refractivity contribution in [3.8, 4) is 0 Å². The van der Waals surface area contributed by atoms with E-state index in [1.54, 1.807) is 0 Å². The highest BCUT2D eigenvalue weighted by molar-refractivity contribution is 7.10. The van der Waals surface area contributed by atoms with Gasteiger partial charge in [-0.1, -0.05) is 0 Å². The van der Waals surface area contributed by atoms with Gasteiger partial charge >= 0.3 is 0 Å². The maximum atomic E-state index is 5.65. The first kappa shape index (κ1) is 11.0. The summed E-state index contributed by atoms with van der Waals surface area (Å²) in [5.74, 6) is 0. The smallest absolute Gasteiger partial charge is 0.104 e. The molecule has 74 valence electrons. The number of fused-ring (bicyclic) bond motifs is 1. The molecule has 0 saturated carbocycles. The van der Waals surface area contributed by atoms with Gasteiger partial charge in [0.2, 0.25) is 0 Å². The minimum absolute atomic E-state index is 0. The second-order valence-corrected chi connectivity index (χ2v) is 3.92. The zero-order valence-corrected chi connectivity index (χ0v) is 9.21. The lowest BCUT2D eigenvalue weighted by atomic mass is 10.1. The van der Waals surface area contributed by atoms with Crippen LogP contribution in [0.3, 0.4) is 0 Å². The predicted molar refractivity (Wildman–Crippen MR) is 57.9 cm³/mol. The van der Waals surface area contributed by atoms with Gasteiger partial charge in [-0.05, 0) is 30.5 Å². The topological polar surface area (TPSA) is 21.3 Å². The van der Waals surface area contributed by atoms with Crippen LogP contribution in [0.15, 0.2) is 11.4 Å². The van der Waals surface area contributed by atoms with Crippen molar-refractivity contribution >= 4 is 23.7 Å². The van der Waals surface area contributed by atoms with Crippen molar-refractivity contribution in [3.63, 3.8) is 0 Å². The van der Waals surface area contributed by atoms with Gasteiger partial charge in [-0.25, -0.2) is 0 Å². The van der Waals surface area contributed by atoms with Crippen LogP contribution < -0.4 is 5.32 Å². The van der Waals surface area contributed by atoms with Crippen molar-refractivity contribution in [2.45, 2.75) is 12.5 Å². The summed E-state index contributed by atoms with van der Waals surface area (Å²) in [5.41, 5.74) is 1.48. The minimum atomic E-state index is 0. The van der Waals surface area contributed by atoms with Crippen molar-refractivity contribution in [1.82, 2.24) is 5.32 Å². The molecule has 0 spiro atoms. The van der Waals surface area contributed by atoms with Crippen molar-refractivity contribution in [2.75, 3.05) is 20.2 Å². The Kier molecular flexibility index (Phi) is 4.19. The van der Waals surface area contributed by atoms with Gasteiger partial charge in [-0.3, -0.25) is 0 Å². The van der Waals surface area contributed by atoms with Crippen LogP contribution in [0.2, 0.25) is 0 Å². The Labute approximate surface area is 88.7 Å². The standard InChI is InChI=1S/C9H13NOS.ClH/c1-10-6-8-9-7(2-4-11-8)3-5-12-9;/h3,5,8,10H,2,4,6H2,1H3;1H. The fourth-order valence-electron chi connectivity index (χ4n) is 1.56. The molecule has 0 radical (unpaired) electrons. The summed E-state index contributed by atoms with van der Waals surface area (Å²) in [4.78, 5) is 1.41. The third-order valence-electron chi connectivity index (χ3n) is 2.15. The van der Waals surface area contributed by atoms with Crippen LogP contribution in [-0.4, -0.2) is 20.2 Å². The first-order chi connectivity index (χ1) is 5.92. The van der Waals surface area contributed by atoms with E-state index in [-0.39, 0.29) is 12.4 Å². The lowest BCUT2D eigenvalue weighted by Gasteiger charge is -2.22. The first-order valence-corrected chi connectivity index (χ1v) is 5.12. The quantitative estimate of drug-likeness (QED) is 0.822. The van der Waals surface area contributed by atoms with Crippen molar-refractivity contribution in [3.05, 3.63) is 21.9 Å². The highest BCUT2D eigenvalue weighted by Crippen LogP contribution is 2.30. The average Bonchev–Trinajstić information content (AvgIpc) is 2.53. The van der Waals surface area contributed by atoms with E-state index in [4.69, 9.17) is 4.74 Å². The van der Waals surface area contributed by atoms with Crippen LogP contribution in [0, 0.1) is 0 Å². The molecule has 1 atom stereocenters. The SMILES string of the molecule is CNCC1OCCc2ccsc21.Cl. The zero-order valence-electron chi connectivity index (χ0n) is 7.58. The van der Waals surface area contributed by atoms with Gasteiger partial charge in [-0.15, -0.1) is 23.7 Å². The summed E-state index contributed by atoms with van der Waals surface area (Å²) in [6, 6.07) is 2.21. The Morgan fingerprint density at radius 3 is 3.31 bits per heavy atom. The highest BCUT2D eigenvalue weighted by atomic mass is 35.5. The molecule has 1 aromatic heterocycles. The van der Waals surface area contributed by atoms with Crippen LogP contribution >= 0.6 is 23.7 Å². The van der Waals surface area contributed by atoms with Gasteiger partial charge in [0.25, 0.3) is 0 Å². The molecule has 0 saturated heterocycles. The summed E-state index contributed by atoms with van der Waals surface area (Å²) in [5, 5.41) is 5.30. The van der Waals surface area contributed by atoms with Crippen molar-refractivity contribution in [2.24, 2.45) is 0 Å². The van der Waals surface area contributed by atoms with E-state index in [1.807, 2.05) is 18.4 Å². The van der Waals surface area contributed by atoms with E-state index in [9.17, 15) is 0 Å². The van der Waals surface area contributed by atoms with Crippen LogP contribution in [0.25, 0.3) is 0 Å². The number of likely N-dealkylation sites (N-methyl/N-ethyl adjacent to an activating group) is 1. The highest BCUT2D eigenvalue weighted by Gasteiger charge is 2.20. The molecule has 13 heavy (non-hydrogen) atoms. The number of thiophene rings is 1. The molecule has 1 unspecified atom stereocenters. The number of hydrogen-bond donors (Lipinski definition) is 1. The molecular formula is C9H14ClNOS. The van der Waals surface area contributed by atoms with Crippen LogP contribution in [0.4, 0.5) is 0 Å². The Morgan fingerprint density at radius 1 is 1.69 bits per heavy atom. The molecule has 1 aliphatic heterocycles. The van der Waals surface area contributed by atoms with Crippen LogP contribution in [-0.2, 0) is 11.2 Å². The summed E-state index contributed by atoms with van der Waals surface area (Å²) >= 11 is 1.81. The lowest BCUT2D eigenvalue weighted by Crippen LogP contribution is -2.23. The number of hydrogen-bond acceptors (Lipinski definition) is 3. The van der Waals surface area contributed by atoms with E-state index in [0.29, 0.717) is 6.10 Å². The van der Waals surface area contributed by atoms with Crippen molar-refractivity contribution < 1.29 is 4.74 Å². The molecule has 2 heterocycles. The molecule has 2 rings (SSSR count). The molecule has 0 fully saturated rings. The number of nitrogens with one attached hydrogen (secondary N) is 1. The molecule has 1 aromatic rings. The summed E-state index contributed by atoms with van der Waals surface area (Å²) in [6.07, 6.45) is 1.37. The number of halogens is 1. The third-order valence-corrected chi connectivity index (χ3v) is 3.20. The Balaban J connectivity index is 0.000000845. The van der Waals surface area contributed by atoms with E-state index in [0.717, 1.165) is 19.6 Å². The Morgan fingerprint density at radius 2 is 2.54 bits per heavy atom. The molecule has 1 aliphatic rings. The molecule has 0 aliphatic carbocycles. The monoisotopic (exact) mass is 219 g/mol. The van der Waals surface area contributed by atoms with E-state index in [2.05, 4.69) is 16.8 Å². The van der Waals surface area contributed by atoms with Gasteiger partial charge < -0.3 is 10.1 Å². The minimum Gasteiger partial charge on any atom is -0.371 e. The Bertz CT molecular complexity index is 264. The lowest BCUT2D eigenvalue weighted by molar-refractivity contribution is 0.0469. The third kappa shape index (κ3) is 2.23. The molecule has 0 aromatic carbocycles. The van der Waals surface area contributed by atoms with Crippen LogP contribution in [0.5, 0.6) is 0 Å². The number of rotatable bonds is 2. The molecule has 0 bridgehead atoms. The van der Waals surface area contributed by atoms with Gasteiger partial charge in [0, 0.05) is 11.4 Å². The summed E-state index contributed by atoms with van der Waals surface area (Å²) in [6.45, 7) is 1.80. The van der Waals surface area contributed by atoms with Gasteiger partial charge in [-0.2, -0.15) is 0 Å². The maximum Gasteiger partial charge on any atom is 0.104 e. The van der Waals surface area contributed by atoms with Gasteiger partial charge in [0.05, 0.1) is 6.61 Å². The molecular weight excluding hydrogens is 206 g/mol. The predicted octanol–water partition coefficient (Wildman–Crippen LogP) is 2.00. The zero-order chi connectivity index (χ0) is 8.39. The molecule has 4 heteroatoms. The Hall–Kier alpha value is -0.0900. The normalized spacial score (nSPS) is 20.5. The fourth-order valence-corrected chi connectivity index (χ4v) is 2.56.